The van der Waals surface area contributed by atoms with Gasteiger partial charge in [-0.15, -0.1) is 0 Å². The van der Waals surface area contributed by atoms with Crippen molar-refractivity contribution >= 4 is 29.1 Å². The predicted molar refractivity (Wildman–Crippen MR) is 76.6 cm³/mol. The molecular weight excluding hydrogens is 302 g/mol. The summed E-state index contributed by atoms with van der Waals surface area (Å²) < 4.78 is 9.57. The molecule has 1 aromatic rings. The summed E-state index contributed by atoms with van der Waals surface area (Å²) in [6, 6.07) is 1.22. The highest BCUT2D eigenvalue weighted by Crippen LogP contribution is 2.27. The minimum atomic E-state index is -0.573. The highest BCUT2D eigenvalue weighted by atomic mass is 35.5. The fourth-order valence-electron chi connectivity index (χ4n) is 1.61. The molecule has 116 valence electrons. The summed E-state index contributed by atoms with van der Waals surface area (Å²) in [4.78, 5) is 27.0. The number of carbonyl (C=O) groups excluding carboxylic acids is 1. The maximum absolute atomic E-state index is 11.2. The van der Waals surface area contributed by atoms with Crippen LogP contribution in [-0.2, 0) is 14.3 Å². The number of aromatic nitrogens is 1. The molecule has 0 amide bonds. The van der Waals surface area contributed by atoms with Crippen LogP contribution in [0.25, 0.3) is 0 Å². The lowest BCUT2D eigenvalue weighted by Gasteiger charge is -2.23. The van der Waals surface area contributed by atoms with Crippen LogP contribution in [0.2, 0.25) is 5.02 Å². The first-order valence-corrected chi connectivity index (χ1v) is 6.48. The zero-order chi connectivity index (χ0) is 15.8. The first kappa shape index (κ1) is 17.1. The van der Waals surface area contributed by atoms with Crippen molar-refractivity contribution in [2.24, 2.45) is 0 Å². The number of ether oxygens (including phenoxy) is 2. The molecule has 1 heterocycles. The smallest absolute Gasteiger partial charge is 0.307 e. The molecule has 0 aliphatic rings. The van der Waals surface area contributed by atoms with Gasteiger partial charge in [0.25, 0.3) is 5.69 Å². The molecule has 1 aromatic heterocycles. The lowest BCUT2D eigenvalue weighted by Crippen LogP contribution is -2.31. The number of esters is 1. The number of hydrogen-bond acceptors (Lipinski definition) is 7. The van der Waals surface area contributed by atoms with Crippen LogP contribution in [0, 0.1) is 10.1 Å². The van der Waals surface area contributed by atoms with Crippen molar-refractivity contribution < 1.29 is 19.2 Å². The third-order valence-corrected chi connectivity index (χ3v) is 2.97. The van der Waals surface area contributed by atoms with Crippen molar-refractivity contribution in [1.29, 1.82) is 0 Å². The minimum Gasteiger partial charge on any atom is -0.469 e. The van der Waals surface area contributed by atoms with Crippen LogP contribution in [0.5, 0.6) is 0 Å². The molecule has 0 radical (unpaired) electrons. The molecule has 0 unspecified atom stereocenters. The Hall–Kier alpha value is -1.93. The van der Waals surface area contributed by atoms with E-state index in [9.17, 15) is 14.9 Å². The number of halogens is 1. The molecule has 21 heavy (non-hydrogen) atoms. The van der Waals surface area contributed by atoms with Gasteiger partial charge in [0.05, 0.1) is 30.1 Å². The molecule has 0 aliphatic carbocycles. The molecule has 0 fully saturated rings. The average molecular weight is 318 g/mol. The van der Waals surface area contributed by atoms with Crippen LogP contribution < -0.4 is 4.90 Å². The molecule has 8 nitrogen and oxygen atoms in total. The van der Waals surface area contributed by atoms with E-state index in [2.05, 4.69) is 9.72 Å². The number of pyridine rings is 1. The van der Waals surface area contributed by atoms with Crippen molar-refractivity contribution in [3.63, 3.8) is 0 Å². The molecule has 0 saturated carbocycles. The highest BCUT2D eigenvalue weighted by molar-refractivity contribution is 6.33. The lowest BCUT2D eigenvalue weighted by atomic mass is 10.3. The van der Waals surface area contributed by atoms with E-state index in [1.807, 2.05) is 0 Å². The summed E-state index contributed by atoms with van der Waals surface area (Å²) >= 11 is 6.03. The molecule has 0 aromatic carbocycles. The first-order chi connectivity index (χ1) is 9.99. The summed E-state index contributed by atoms with van der Waals surface area (Å²) in [5.41, 5.74) is -0.191. The van der Waals surface area contributed by atoms with Crippen molar-refractivity contribution in [1.82, 2.24) is 4.98 Å². The van der Waals surface area contributed by atoms with E-state index in [0.29, 0.717) is 25.5 Å². The summed E-state index contributed by atoms with van der Waals surface area (Å²) in [5.74, 6) is -0.00123. The Kier molecular flexibility index (Phi) is 6.83. The highest BCUT2D eigenvalue weighted by Gasteiger charge is 2.17. The summed E-state index contributed by atoms with van der Waals surface area (Å²) in [6.45, 7) is 1.16. The number of carbonyl (C=O) groups is 1. The Balaban J connectivity index is 2.91. The Labute approximate surface area is 126 Å². The zero-order valence-corrected chi connectivity index (χ0v) is 12.5. The largest absolute Gasteiger partial charge is 0.469 e. The van der Waals surface area contributed by atoms with Crippen LogP contribution in [0.1, 0.15) is 6.42 Å². The normalized spacial score (nSPS) is 10.2. The fourth-order valence-corrected chi connectivity index (χ4v) is 1.89. The number of anilines is 1. The van der Waals surface area contributed by atoms with Crippen molar-refractivity contribution in [2.45, 2.75) is 6.42 Å². The second-order valence-electron chi connectivity index (χ2n) is 4.06. The van der Waals surface area contributed by atoms with E-state index in [-0.39, 0.29) is 23.1 Å². The number of nitro groups is 1. The van der Waals surface area contributed by atoms with E-state index in [4.69, 9.17) is 16.3 Å². The van der Waals surface area contributed by atoms with Crippen molar-refractivity contribution in [3.8, 4) is 0 Å². The fraction of sp³-hybridized carbons (Fsp3) is 0.500. The quantitative estimate of drug-likeness (QED) is 0.409. The number of nitrogens with zero attached hydrogens (tertiary/aromatic N) is 3. The third kappa shape index (κ3) is 5.16. The summed E-state index contributed by atoms with van der Waals surface area (Å²) in [7, 11) is 2.85. The van der Waals surface area contributed by atoms with Gasteiger partial charge in [-0.25, -0.2) is 4.98 Å². The molecule has 0 N–H and O–H groups in total. The molecular formula is C12H16ClN3O5. The van der Waals surface area contributed by atoms with Gasteiger partial charge in [-0.1, -0.05) is 11.6 Å². The van der Waals surface area contributed by atoms with Crippen molar-refractivity contribution in [2.75, 3.05) is 38.8 Å². The second kappa shape index (κ2) is 8.38. The molecule has 0 saturated heterocycles. The Bertz CT molecular complexity index is 512. The maximum Gasteiger partial charge on any atom is 0.307 e. The number of methoxy groups -OCH3 is 2. The van der Waals surface area contributed by atoms with Crippen LogP contribution in [0.3, 0.4) is 0 Å². The lowest BCUT2D eigenvalue weighted by molar-refractivity contribution is -0.385. The Morgan fingerprint density at radius 3 is 2.71 bits per heavy atom. The van der Waals surface area contributed by atoms with Gasteiger partial charge in [0.2, 0.25) is 0 Å². The molecule has 1 rings (SSSR count). The van der Waals surface area contributed by atoms with E-state index in [1.54, 1.807) is 12.0 Å². The second-order valence-corrected chi connectivity index (χ2v) is 4.47. The minimum absolute atomic E-state index is 0.144. The SMILES string of the molecule is COCCN(CCC(=O)OC)c1ncc([N+](=O)[O-])cc1Cl. The predicted octanol–water partition coefficient (Wildman–Crippen LogP) is 1.66. The van der Waals surface area contributed by atoms with Gasteiger partial charge in [0.1, 0.15) is 12.0 Å². The van der Waals surface area contributed by atoms with Gasteiger partial charge < -0.3 is 14.4 Å². The molecule has 0 aliphatic heterocycles. The van der Waals surface area contributed by atoms with E-state index in [1.165, 1.54) is 13.2 Å². The van der Waals surface area contributed by atoms with Gasteiger partial charge in [0.15, 0.2) is 0 Å². The molecule has 0 spiro atoms. The van der Waals surface area contributed by atoms with Crippen LogP contribution in [-0.4, -0.2) is 49.8 Å². The average Bonchev–Trinajstić information content (AvgIpc) is 2.47. The van der Waals surface area contributed by atoms with Crippen LogP contribution >= 0.6 is 11.6 Å². The van der Waals surface area contributed by atoms with Crippen LogP contribution in [0.15, 0.2) is 12.3 Å². The maximum atomic E-state index is 11.2. The molecule has 0 atom stereocenters. The van der Waals surface area contributed by atoms with Gasteiger partial charge >= 0.3 is 5.97 Å². The van der Waals surface area contributed by atoms with Crippen LogP contribution in [0.4, 0.5) is 11.5 Å². The monoisotopic (exact) mass is 317 g/mol. The number of hydrogen-bond donors (Lipinski definition) is 0. The Morgan fingerprint density at radius 1 is 1.48 bits per heavy atom. The summed E-state index contributed by atoms with van der Waals surface area (Å²) in [5, 5.41) is 10.8. The van der Waals surface area contributed by atoms with Gasteiger partial charge in [-0.3, -0.25) is 14.9 Å². The molecule has 9 heteroatoms. The molecule has 0 bridgehead atoms. The Morgan fingerprint density at radius 2 is 2.19 bits per heavy atom. The number of rotatable bonds is 8. The van der Waals surface area contributed by atoms with Crippen molar-refractivity contribution in [3.05, 3.63) is 27.4 Å². The van der Waals surface area contributed by atoms with E-state index >= 15 is 0 Å². The topological polar surface area (TPSA) is 94.8 Å². The van der Waals surface area contributed by atoms with Gasteiger partial charge in [-0.05, 0) is 0 Å². The third-order valence-electron chi connectivity index (χ3n) is 2.70. The summed E-state index contributed by atoms with van der Waals surface area (Å²) in [6.07, 6.45) is 1.27. The zero-order valence-electron chi connectivity index (χ0n) is 11.7. The van der Waals surface area contributed by atoms with E-state index < -0.39 is 4.92 Å². The standard InChI is InChI=1S/C12H16ClN3O5/c1-20-6-5-15(4-3-11(17)21-2)12-10(13)7-9(8-14-12)16(18)19/h7-8H,3-6H2,1-2H3. The first-order valence-electron chi connectivity index (χ1n) is 6.10. The van der Waals surface area contributed by atoms with E-state index in [0.717, 1.165) is 6.20 Å². The van der Waals surface area contributed by atoms with Gasteiger partial charge in [-0.2, -0.15) is 0 Å². The van der Waals surface area contributed by atoms with Gasteiger partial charge in [0, 0.05) is 26.3 Å².